The van der Waals surface area contributed by atoms with Crippen LogP contribution in [-0.2, 0) is 4.79 Å². The number of hydrogen-bond acceptors (Lipinski definition) is 5. The van der Waals surface area contributed by atoms with Gasteiger partial charge in [0, 0.05) is 11.1 Å². The predicted octanol–water partition coefficient (Wildman–Crippen LogP) is 2.37. The van der Waals surface area contributed by atoms with Crippen molar-refractivity contribution in [2.45, 2.75) is 13.3 Å². The maximum atomic E-state index is 12.1. The summed E-state index contributed by atoms with van der Waals surface area (Å²) in [6.07, 6.45) is 7.54. The average molecular weight is 393 g/mol. The number of hydrazone groups is 1. The van der Waals surface area contributed by atoms with Crippen LogP contribution in [0.25, 0.3) is 0 Å². The second kappa shape index (κ2) is 11.8. The Hall–Kier alpha value is -3.79. The Morgan fingerprint density at radius 3 is 2.62 bits per heavy atom. The number of terminal acetylenes is 1. The number of amides is 2. The lowest BCUT2D eigenvalue weighted by Crippen LogP contribution is -2.34. The molecule has 2 aromatic rings. The summed E-state index contributed by atoms with van der Waals surface area (Å²) in [6, 6.07) is 13.9. The largest absolute Gasteiger partial charge is 0.494 e. The Bertz CT molecular complexity index is 886. The maximum absolute atomic E-state index is 12.1. The van der Waals surface area contributed by atoms with Crippen molar-refractivity contribution in [1.82, 2.24) is 10.7 Å². The number of benzene rings is 2. The highest BCUT2D eigenvalue weighted by Gasteiger charge is 2.08. The van der Waals surface area contributed by atoms with Crippen LogP contribution in [-0.4, -0.2) is 37.8 Å². The summed E-state index contributed by atoms with van der Waals surface area (Å²) >= 11 is 0. The molecule has 0 spiro atoms. The molecule has 2 N–H and O–H groups in total. The molecule has 0 aliphatic heterocycles. The Balaban J connectivity index is 1.80. The number of rotatable bonds is 10. The highest BCUT2D eigenvalue weighted by atomic mass is 16.5. The molecule has 0 aliphatic rings. The smallest absolute Gasteiger partial charge is 0.259 e. The second-order valence-electron chi connectivity index (χ2n) is 5.88. The van der Waals surface area contributed by atoms with Crippen LogP contribution in [0, 0.1) is 12.3 Å². The lowest BCUT2D eigenvalue weighted by molar-refractivity contribution is -0.120. The van der Waals surface area contributed by atoms with Gasteiger partial charge in [-0.15, -0.1) is 6.42 Å². The van der Waals surface area contributed by atoms with Gasteiger partial charge in [-0.05, 0) is 42.8 Å². The predicted molar refractivity (Wildman–Crippen MR) is 111 cm³/mol. The average Bonchev–Trinajstić information content (AvgIpc) is 2.75. The van der Waals surface area contributed by atoms with E-state index in [1.165, 1.54) is 6.21 Å². The summed E-state index contributed by atoms with van der Waals surface area (Å²) < 4.78 is 10.9. The van der Waals surface area contributed by atoms with Crippen LogP contribution in [0.15, 0.2) is 53.6 Å². The number of nitrogens with one attached hydrogen (secondary N) is 2. The summed E-state index contributed by atoms with van der Waals surface area (Å²) in [5.41, 5.74) is 3.45. The first kappa shape index (κ1) is 21.5. The zero-order valence-electron chi connectivity index (χ0n) is 16.2. The quantitative estimate of drug-likeness (QED) is 0.368. The lowest BCUT2D eigenvalue weighted by Gasteiger charge is -2.07. The third kappa shape index (κ3) is 7.39. The molecule has 0 fully saturated rings. The molecule has 0 saturated carbocycles. The highest BCUT2D eigenvalue weighted by molar-refractivity contribution is 5.96. The minimum atomic E-state index is -0.459. The first-order valence-corrected chi connectivity index (χ1v) is 9.12. The van der Waals surface area contributed by atoms with Crippen molar-refractivity contribution in [2.24, 2.45) is 5.10 Å². The van der Waals surface area contributed by atoms with Gasteiger partial charge in [0.15, 0.2) is 0 Å². The SMILES string of the molecule is C#CCOc1ccccc1C=NNC(=O)CNC(=O)c1ccc(OCCC)cc1. The van der Waals surface area contributed by atoms with Gasteiger partial charge in [0.2, 0.25) is 0 Å². The Morgan fingerprint density at radius 2 is 1.90 bits per heavy atom. The Labute approximate surface area is 170 Å². The summed E-state index contributed by atoms with van der Waals surface area (Å²) in [7, 11) is 0. The van der Waals surface area contributed by atoms with Crippen LogP contribution in [0.1, 0.15) is 29.3 Å². The van der Waals surface area contributed by atoms with Crippen LogP contribution in [0.3, 0.4) is 0 Å². The van der Waals surface area contributed by atoms with Crippen LogP contribution in [0.2, 0.25) is 0 Å². The fourth-order valence-electron chi connectivity index (χ4n) is 2.24. The van der Waals surface area contributed by atoms with Crippen LogP contribution >= 0.6 is 0 Å². The maximum Gasteiger partial charge on any atom is 0.259 e. The van der Waals surface area contributed by atoms with Gasteiger partial charge in [-0.2, -0.15) is 5.10 Å². The van der Waals surface area contributed by atoms with E-state index in [2.05, 4.69) is 21.8 Å². The van der Waals surface area contributed by atoms with Crippen molar-refractivity contribution < 1.29 is 19.1 Å². The molecule has 0 bridgehead atoms. The topological polar surface area (TPSA) is 89.0 Å². The van der Waals surface area contributed by atoms with Crippen LogP contribution < -0.4 is 20.2 Å². The molecule has 2 aromatic carbocycles. The van der Waals surface area contributed by atoms with Crippen molar-refractivity contribution in [3.8, 4) is 23.8 Å². The van der Waals surface area contributed by atoms with E-state index in [9.17, 15) is 9.59 Å². The zero-order chi connectivity index (χ0) is 20.9. The molecule has 7 nitrogen and oxygen atoms in total. The summed E-state index contributed by atoms with van der Waals surface area (Å²) in [4.78, 5) is 24.0. The third-order valence-electron chi connectivity index (χ3n) is 3.62. The van der Waals surface area contributed by atoms with Crippen molar-refractivity contribution in [3.05, 3.63) is 59.7 Å². The molecule has 0 unspecified atom stereocenters. The van der Waals surface area contributed by atoms with E-state index in [0.29, 0.717) is 29.2 Å². The minimum absolute atomic E-state index is 0.134. The second-order valence-corrected chi connectivity index (χ2v) is 5.88. The molecule has 150 valence electrons. The van der Waals surface area contributed by atoms with Crippen molar-refractivity contribution in [3.63, 3.8) is 0 Å². The van der Waals surface area contributed by atoms with E-state index in [0.717, 1.165) is 6.42 Å². The third-order valence-corrected chi connectivity index (χ3v) is 3.62. The zero-order valence-corrected chi connectivity index (χ0v) is 16.2. The van der Waals surface area contributed by atoms with E-state index in [-0.39, 0.29) is 19.1 Å². The fraction of sp³-hybridized carbons (Fsp3) is 0.227. The molecule has 0 aliphatic carbocycles. The van der Waals surface area contributed by atoms with Crippen molar-refractivity contribution in [2.75, 3.05) is 19.8 Å². The van der Waals surface area contributed by atoms with Crippen LogP contribution in [0.5, 0.6) is 11.5 Å². The van der Waals surface area contributed by atoms with E-state index in [4.69, 9.17) is 15.9 Å². The molecular weight excluding hydrogens is 370 g/mol. The number of hydrogen-bond donors (Lipinski definition) is 2. The summed E-state index contributed by atoms with van der Waals surface area (Å²) in [5, 5.41) is 6.41. The molecule has 0 saturated heterocycles. The summed E-state index contributed by atoms with van der Waals surface area (Å²) in [5.74, 6) is 2.82. The molecule has 2 amide bonds. The Morgan fingerprint density at radius 1 is 1.14 bits per heavy atom. The van der Waals surface area contributed by atoms with Crippen molar-refractivity contribution >= 4 is 18.0 Å². The van der Waals surface area contributed by atoms with Gasteiger partial charge in [-0.25, -0.2) is 5.43 Å². The highest BCUT2D eigenvalue weighted by Crippen LogP contribution is 2.15. The number of carbonyl (C=O) groups excluding carboxylic acids is 2. The lowest BCUT2D eigenvalue weighted by atomic mass is 10.2. The van der Waals surface area contributed by atoms with Gasteiger partial charge >= 0.3 is 0 Å². The molecule has 0 heterocycles. The number of carbonyl (C=O) groups is 2. The monoisotopic (exact) mass is 393 g/mol. The molecule has 29 heavy (non-hydrogen) atoms. The van der Waals surface area contributed by atoms with Gasteiger partial charge in [-0.1, -0.05) is 25.0 Å². The molecule has 0 radical (unpaired) electrons. The van der Waals surface area contributed by atoms with Gasteiger partial charge in [-0.3, -0.25) is 9.59 Å². The van der Waals surface area contributed by atoms with Gasteiger partial charge < -0.3 is 14.8 Å². The Kier molecular flexibility index (Phi) is 8.77. The summed E-state index contributed by atoms with van der Waals surface area (Å²) in [6.45, 7) is 2.56. The minimum Gasteiger partial charge on any atom is -0.494 e. The first-order valence-electron chi connectivity index (χ1n) is 9.12. The van der Waals surface area contributed by atoms with Crippen molar-refractivity contribution in [1.29, 1.82) is 0 Å². The molecule has 0 aromatic heterocycles. The standard InChI is InChI=1S/C22H23N3O4/c1-3-13-28-19-11-9-17(10-12-19)22(27)23-16-21(26)25-24-15-18-7-5-6-8-20(18)29-14-4-2/h2,5-12,15H,3,13-14,16H2,1H3,(H,23,27)(H,25,26). The van der Waals surface area contributed by atoms with Crippen LogP contribution in [0.4, 0.5) is 0 Å². The van der Waals surface area contributed by atoms with E-state index in [1.54, 1.807) is 42.5 Å². The van der Waals surface area contributed by atoms with Gasteiger partial charge in [0.1, 0.15) is 18.1 Å². The number of nitrogens with zero attached hydrogens (tertiary/aromatic N) is 1. The van der Waals surface area contributed by atoms with E-state index >= 15 is 0 Å². The fourth-order valence-corrected chi connectivity index (χ4v) is 2.24. The molecule has 0 atom stereocenters. The molecule has 7 heteroatoms. The van der Waals surface area contributed by atoms with E-state index in [1.807, 2.05) is 13.0 Å². The van der Waals surface area contributed by atoms with Gasteiger partial charge in [0.25, 0.3) is 11.8 Å². The molecule has 2 rings (SSSR count). The number of ether oxygens (including phenoxy) is 2. The normalized spacial score (nSPS) is 10.2. The number of para-hydroxylation sites is 1. The van der Waals surface area contributed by atoms with E-state index < -0.39 is 5.91 Å². The van der Waals surface area contributed by atoms with Gasteiger partial charge in [0.05, 0.1) is 19.4 Å². The first-order chi connectivity index (χ1) is 14.1. The molecular formula is C22H23N3O4.